The normalized spacial score (nSPS) is 14.9. The van der Waals surface area contributed by atoms with E-state index < -0.39 is 18.1 Å². The molecule has 0 radical (unpaired) electrons. The first-order chi connectivity index (χ1) is 16.6. The van der Waals surface area contributed by atoms with Gasteiger partial charge in [0.1, 0.15) is 12.6 Å². The van der Waals surface area contributed by atoms with Gasteiger partial charge >= 0.3 is 12.1 Å². The average molecular weight is 459 g/mol. The van der Waals surface area contributed by atoms with Gasteiger partial charge in [-0.1, -0.05) is 54.6 Å². The van der Waals surface area contributed by atoms with Crippen LogP contribution >= 0.6 is 0 Å². The zero-order chi connectivity index (χ0) is 23.5. The average Bonchev–Trinajstić information content (AvgIpc) is 2.98. The number of ether oxygens (including phenoxy) is 3. The Hall–Kier alpha value is -4.00. The van der Waals surface area contributed by atoms with Crippen LogP contribution in [0.15, 0.2) is 66.7 Å². The second-order valence-electron chi connectivity index (χ2n) is 8.40. The number of hydrogen-bond acceptors (Lipinski definition) is 5. The zero-order valence-electron chi connectivity index (χ0n) is 18.5. The molecule has 34 heavy (non-hydrogen) atoms. The molecule has 0 spiro atoms. The van der Waals surface area contributed by atoms with Crippen molar-refractivity contribution in [2.45, 2.75) is 24.8 Å². The van der Waals surface area contributed by atoms with Gasteiger partial charge in [0.2, 0.25) is 0 Å². The number of hydrogen-bond donors (Lipinski definition) is 2. The van der Waals surface area contributed by atoms with Crippen LogP contribution in [0, 0.1) is 0 Å². The number of aliphatic carboxylic acids is 1. The van der Waals surface area contributed by atoms with Crippen LogP contribution in [0.1, 0.15) is 29.0 Å². The van der Waals surface area contributed by atoms with E-state index in [9.17, 15) is 14.7 Å². The van der Waals surface area contributed by atoms with E-state index in [0.29, 0.717) is 24.7 Å². The van der Waals surface area contributed by atoms with Crippen LogP contribution in [-0.2, 0) is 16.0 Å². The molecule has 7 nitrogen and oxygen atoms in total. The second kappa shape index (κ2) is 9.47. The predicted octanol–water partition coefficient (Wildman–Crippen LogP) is 4.38. The van der Waals surface area contributed by atoms with Gasteiger partial charge in [0, 0.05) is 18.8 Å². The monoisotopic (exact) mass is 459 g/mol. The quantitative estimate of drug-likeness (QED) is 0.568. The standard InChI is InChI=1S/C27H25NO6/c29-26(30)23(14-17-10-11-24-25(15-17)33-13-5-12-32-24)28-27(31)34-16-22-20-8-3-1-6-18(20)19-7-2-4-9-21(19)22/h1-4,6-11,15,22-23H,5,12-14,16H2,(H,28,31)(H,29,30)/t23-/m0/s1. The fraction of sp³-hybridized carbons (Fsp3) is 0.259. The highest BCUT2D eigenvalue weighted by Gasteiger charge is 2.30. The number of alkyl carbamates (subject to hydrolysis) is 1. The van der Waals surface area contributed by atoms with Gasteiger partial charge in [0.05, 0.1) is 13.2 Å². The third-order valence-electron chi connectivity index (χ3n) is 6.19. The Morgan fingerprint density at radius 3 is 2.26 bits per heavy atom. The molecule has 1 aliphatic carbocycles. The molecule has 0 saturated heterocycles. The molecule has 0 aromatic heterocycles. The Balaban J connectivity index is 1.25. The summed E-state index contributed by atoms with van der Waals surface area (Å²) in [6, 6.07) is 20.3. The van der Waals surface area contributed by atoms with E-state index in [1.807, 2.05) is 36.4 Å². The molecular weight excluding hydrogens is 434 g/mol. The number of carboxylic acids is 1. The summed E-state index contributed by atoms with van der Waals surface area (Å²) in [7, 11) is 0. The Morgan fingerprint density at radius 2 is 1.59 bits per heavy atom. The van der Waals surface area contributed by atoms with Crippen molar-refractivity contribution in [2.24, 2.45) is 0 Å². The molecule has 1 heterocycles. The van der Waals surface area contributed by atoms with Crippen LogP contribution in [0.2, 0.25) is 0 Å². The van der Waals surface area contributed by atoms with Gasteiger partial charge in [0.15, 0.2) is 11.5 Å². The molecular formula is C27H25NO6. The van der Waals surface area contributed by atoms with Crippen LogP contribution in [0.4, 0.5) is 4.79 Å². The van der Waals surface area contributed by atoms with Crippen molar-refractivity contribution in [3.8, 4) is 22.6 Å². The molecule has 3 aromatic rings. The smallest absolute Gasteiger partial charge is 0.407 e. The fourth-order valence-electron chi connectivity index (χ4n) is 4.55. The highest BCUT2D eigenvalue weighted by molar-refractivity contribution is 5.81. The van der Waals surface area contributed by atoms with Gasteiger partial charge < -0.3 is 24.6 Å². The van der Waals surface area contributed by atoms with Gasteiger partial charge in [0.25, 0.3) is 0 Å². The Bertz CT molecular complexity index is 1180. The minimum Gasteiger partial charge on any atom is -0.490 e. The first kappa shape index (κ1) is 21.8. The largest absolute Gasteiger partial charge is 0.490 e. The first-order valence-corrected chi connectivity index (χ1v) is 11.3. The third kappa shape index (κ3) is 4.41. The van der Waals surface area contributed by atoms with Crippen molar-refractivity contribution in [3.63, 3.8) is 0 Å². The number of benzene rings is 3. The number of fused-ring (bicyclic) bond motifs is 4. The molecule has 5 rings (SSSR count). The summed E-state index contributed by atoms with van der Waals surface area (Å²) >= 11 is 0. The minimum atomic E-state index is -1.14. The van der Waals surface area contributed by atoms with E-state index in [2.05, 4.69) is 17.4 Å². The number of rotatable bonds is 6. The van der Waals surface area contributed by atoms with Gasteiger partial charge in [-0.15, -0.1) is 0 Å². The maximum Gasteiger partial charge on any atom is 0.407 e. The number of nitrogens with one attached hydrogen (secondary N) is 1. The molecule has 1 atom stereocenters. The summed E-state index contributed by atoms with van der Waals surface area (Å²) in [4.78, 5) is 24.4. The third-order valence-corrected chi connectivity index (χ3v) is 6.19. The van der Waals surface area contributed by atoms with Crippen LogP contribution in [0.5, 0.6) is 11.5 Å². The van der Waals surface area contributed by atoms with Gasteiger partial charge in [-0.25, -0.2) is 9.59 Å². The predicted molar refractivity (Wildman–Crippen MR) is 125 cm³/mol. The molecule has 7 heteroatoms. The van der Waals surface area contributed by atoms with E-state index in [-0.39, 0.29) is 18.9 Å². The van der Waals surface area contributed by atoms with E-state index >= 15 is 0 Å². The topological polar surface area (TPSA) is 94.1 Å². The summed E-state index contributed by atoms with van der Waals surface area (Å²) < 4.78 is 16.8. The van der Waals surface area contributed by atoms with Crippen molar-refractivity contribution in [2.75, 3.05) is 19.8 Å². The molecule has 2 N–H and O–H groups in total. The summed E-state index contributed by atoms with van der Waals surface area (Å²) in [6.07, 6.45) is 0.116. The molecule has 3 aromatic carbocycles. The van der Waals surface area contributed by atoms with E-state index in [4.69, 9.17) is 14.2 Å². The van der Waals surface area contributed by atoms with Crippen molar-refractivity contribution in [1.29, 1.82) is 0 Å². The van der Waals surface area contributed by atoms with Gasteiger partial charge in [-0.2, -0.15) is 0 Å². The highest BCUT2D eigenvalue weighted by atomic mass is 16.5. The SMILES string of the molecule is O=C(N[C@@H](Cc1ccc2c(c1)OCCCO2)C(=O)O)OCC1c2ccccc2-c2ccccc21. The van der Waals surface area contributed by atoms with Gasteiger partial charge in [-0.3, -0.25) is 0 Å². The lowest BCUT2D eigenvalue weighted by atomic mass is 9.98. The van der Waals surface area contributed by atoms with Crippen LogP contribution in [-0.4, -0.2) is 43.0 Å². The molecule has 1 aliphatic heterocycles. The minimum absolute atomic E-state index is 0.0934. The number of carboxylic acid groups (broad SMARTS) is 1. The first-order valence-electron chi connectivity index (χ1n) is 11.3. The maximum absolute atomic E-state index is 12.6. The van der Waals surface area contributed by atoms with Crippen molar-refractivity contribution in [1.82, 2.24) is 5.32 Å². The van der Waals surface area contributed by atoms with E-state index in [0.717, 1.165) is 34.2 Å². The summed E-state index contributed by atoms with van der Waals surface area (Å²) in [6.45, 7) is 1.24. The van der Waals surface area contributed by atoms with Gasteiger partial charge in [-0.05, 0) is 39.9 Å². The number of amides is 1. The second-order valence-corrected chi connectivity index (χ2v) is 8.40. The molecule has 0 fully saturated rings. The maximum atomic E-state index is 12.6. The van der Waals surface area contributed by atoms with Crippen molar-refractivity contribution < 1.29 is 28.9 Å². The van der Waals surface area contributed by atoms with E-state index in [1.165, 1.54) is 0 Å². The van der Waals surface area contributed by atoms with Crippen LogP contribution < -0.4 is 14.8 Å². The van der Waals surface area contributed by atoms with Crippen molar-refractivity contribution >= 4 is 12.1 Å². The Labute approximate surface area is 197 Å². The van der Waals surface area contributed by atoms with E-state index in [1.54, 1.807) is 18.2 Å². The number of carbonyl (C=O) groups excluding carboxylic acids is 1. The van der Waals surface area contributed by atoms with Crippen LogP contribution in [0.25, 0.3) is 11.1 Å². The molecule has 174 valence electrons. The lowest BCUT2D eigenvalue weighted by molar-refractivity contribution is -0.139. The Kier molecular flexibility index (Phi) is 6.08. The highest BCUT2D eigenvalue weighted by Crippen LogP contribution is 2.44. The summed E-state index contributed by atoms with van der Waals surface area (Å²) in [5.74, 6) is -0.0123. The molecule has 2 aliphatic rings. The summed E-state index contributed by atoms with van der Waals surface area (Å²) in [5.41, 5.74) is 5.17. The molecule has 0 bridgehead atoms. The molecule has 0 saturated carbocycles. The lowest BCUT2D eigenvalue weighted by Crippen LogP contribution is -2.42. The lowest BCUT2D eigenvalue weighted by Gasteiger charge is -2.18. The van der Waals surface area contributed by atoms with Crippen LogP contribution in [0.3, 0.4) is 0 Å². The summed E-state index contributed by atoms with van der Waals surface area (Å²) in [5, 5.41) is 12.2. The Morgan fingerprint density at radius 1 is 0.941 bits per heavy atom. The molecule has 1 amide bonds. The number of carbonyl (C=O) groups is 2. The molecule has 0 unspecified atom stereocenters. The zero-order valence-corrected chi connectivity index (χ0v) is 18.5. The fourth-order valence-corrected chi connectivity index (χ4v) is 4.55. The van der Waals surface area contributed by atoms with Crippen molar-refractivity contribution in [3.05, 3.63) is 83.4 Å².